The maximum Gasteiger partial charge on any atom is 0.455 e. The first-order chi connectivity index (χ1) is 8.00. The summed E-state index contributed by atoms with van der Waals surface area (Å²) in [6.45, 7) is 0.629. The molecule has 1 heterocycles. The molecule has 0 saturated heterocycles. The zero-order valence-corrected chi connectivity index (χ0v) is 9.20. The van der Waals surface area contributed by atoms with E-state index in [1.54, 1.807) is 0 Å². The molecule has 2 N–H and O–H groups in total. The first-order valence-corrected chi connectivity index (χ1v) is 5.61. The lowest BCUT2D eigenvalue weighted by Gasteiger charge is -2.24. The van der Waals surface area contributed by atoms with Crippen LogP contribution in [0.3, 0.4) is 0 Å². The van der Waals surface area contributed by atoms with Gasteiger partial charge in [0.1, 0.15) is 0 Å². The average Bonchev–Trinajstić information content (AvgIpc) is 2.78. The Morgan fingerprint density at radius 1 is 1.24 bits per heavy atom. The van der Waals surface area contributed by atoms with E-state index in [0.717, 1.165) is 25.7 Å². The normalized spacial score (nSPS) is 26.1. The summed E-state index contributed by atoms with van der Waals surface area (Å²) in [6.07, 6.45) is -1.19. The van der Waals surface area contributed by atoms with Gasteiger partial charge in [0, 0.05) is 5.92 Å². The highest BCUT2D eigenvalue weighted by molar-refractivity contribution is 4.98. The molecule has 0 spiro atoms. The van der Waals surface area contributed by atoms with Gasteiger partial charge >= 0.3 is 6.18 Å². The van der Waals surface area contributed by atoms with E-state index in [9.17, 15) is 13.2 Å². The first kappa shape index (κ1) is 12.3. The van der Waals surface area contributed by atoms with E-state index < -0.39 is 12.0 Å². The quantitative estimate of drug-likeness (QED) is 0.873. The molecule has 4 nitrogen and oxygen atoms in total. The number of rotatable bonds is 2. The molecule has 0 bridgehead atoms. The summed E-state index contributed by atoms with van der Waals surface area (Å²) in [5.41, 5.74) is 5.55. The van der Waals surface area contributed by atoms with Gasteiger partial charge < -0.3 is 10.3 Å². The summed E-state index contributed by atoms with van der Waals surface area (Å²) in [4.78, 5) is 3.42. The van der Waals surface area contributed by atoms with Gasteiger partial charge in [-0.05, 0) is 38.1 Å². The van der Waals surface area contributed by atoms with Crippen LogP contribution in [-0.2, 0) is 6.18 Å². The van der Waals surface area contributed by atoms with Gasteiger partial charge in [-0.15, -0.1) is 0 Å². The molecule has 17 heavy (non-hydrogen) atoms. The Balaban J connectivity index is 2.02. The number of aromatic nitrogens is 2. The molecule has 0 atom stereocenters. The van der Waals surface area contributed by atoms with Gasteiger partial charge in [-0.25, -0.2) is 0 Å². The van der Waals surface area contributed by atoms with Crippen molar-refractivity contribution in [3.8, 4) is 0 Å². The van der Waals surface area contributed by atoms with Crippen LogP contribution < -0.4 is 5.73 Å². The van der Waals surface area contributed by atoms with Crippen molar-refractivity contribution in [1.29, 1.82) is 0 Å². The molecule has 1 aromatic rings. The molecule has 0 amide bonds. The highest BCUT2D eigenvalue weighted by Gasteiger charge is 2.38. The number of hydrogen-bond donors (Lipinski definition) is 1. The maximum absolute atomic E-state index is 12.3. The van der Waals surface area contributed by atoms with Gasteiger partial charge in [-0.1, -0.05) is 5.16 Å². The van der Waals surface area contributed by atoms with E-state index in [2.05, 4.69) is 14.7 Å². The Morgan fingerprint density at radius 2 is 1.88 bits per heavy atom. The molecular formula is C10H14F3N3O. The summed E-state index contributed by atoms with van der Waals surface area (Å²) < 4.78 is 41.5. The van der Waals surface area contributed by atoms with Crippen molar-refractivity contribution in [3.05, 3.63) is 11.7 Å². The monoisotopic (exact) mass is 249 g/mol. The molecule has 0 radical (unpaired) electrons. The van der Waals surface area contributed by atoms with Crippen molar-refractivity contribution in [2.45, 2.75) is 37.8 Å². The van der Waals surface area contributed by atoms with Crippen molar-refractivity contribution < 1.29 is 17.7 Å². The van der Waals surface area contributed by atoms with Gasteiger partial charge in [-0.2, -0.15) is 18.2 Å². The number of alkyl halides is 3. The lowest BCUT2D eigenvalue weighted by molar-refractivity contribution is -0.146. The topological polar surface area (TPSA) is 64.9 Å². The molecule has 2 rings (SSSR count). The Bertz CT molecular complexity index is 369. The van der Waals surface area contributed by atoms with Crippen molar-refractivity contribution in [2.24, 2.45) is 11.7 Å². The van der Waals surface area contributed by atoms with Crippen LogP contribution in [0.4, 0.5) is 13.2 Å². The van der Waals surface area contributed by atoms with Crippen molar-refractivity contribution in [2.75, 3.05) is 6.54 Å². The van der Waals surface area contributed by atoms with Crippen molar-refractivity contribution >= 4 is 0 Å². The Labute approximate surface area is 96.4 Å². The van der Waals surface area contributed by atoms with Crippen molar-refractivity contribution in [3.63, 3.8) is 0 Å². The third-order valence-electron chi connectivity index (χ3n) is 3.22. The Kier molecular flexibility index (Phi) is 3.37. The van der Waals surface area contributed by atoms with E-state index in [0.29, 0.717) is 12.5 Å². The fourth-order valence-electron chi connectivity index (χ4n) is 2.16. The van der Waals surface area contributed by atoms with E-state index in [1.807, 2.05) is 0 Å². The molecule has 1 aliphatic rings. The number of nitrogens with two attached hydrogens (primary N) is 1. The summed E-state index contributed by atoms with van der Waals surface area (Å²) in [5.74, 6) is -0.668. The fraction of sp³-hybridized carbons (Fsp3) is 0.800. The van der Waals surface area contributed by atoms with Gasteiger partial charge in [0.15, 0.2) is 0 Å². The lowest BCUT2D eigenvalue weighted by atomic mass is 9.82. The summed E-state index contributed by atoms with van der Waals surface area (Å²) in [5, 5.41) is 2.97. The SMILES string of the molecule is NC[C@H]1CC[C@H](c2nc(C(F)(F)F)no2)CC1. The van der Waals surface area contributed by atoms with E-state index in [1.165, 1.54) is 0 Å². The minimum absolute atomic E-state index is 0.0543. The van der Waals surface area contributed by atoms with Gasteiger partial charge in [0.2, 0.25) is 5.89 Å². The first-order valence-electron chi connectivity index (χ1n) is 5.61. The summed E-state index contributed by atoms with van der Waals surface area (Å²) >= 11 is 0. The molecule has 1 saturated carbocycles. The van der Waals surface area contributed by atoms with E-state index in [4.69, 9.17) is 5.73 Å². The standard InChI is InChI=1S/C10H14F3N3O/c11-10(12,13)9-15-8(17-16-9)7-3-1-6(5-14)2-4-7/h6-7H,1-5,14H2/t6-,7-. The highest BCUT2D eigenvalue weighted by atomic mass is 19.4. The van der Waals surface area contributed by atoms with E-state index in [-0.39, 0.29) is 11.8 Å². The minimum atomic E-state index is -4.53. The molecule has 0 aromatic carbocycles. The molecule has 1 aromatic heterocycles. The van der Waals surface area contributed by atoms with Crippen LogP contribution in [0.1, 0.15) is 43.3 Å². The van der Waals surface area contributed by atoms with Gasteiger partial charge in [-0.3, -0.25) is 0 Å². The highest BCUT2D eigenvalue weighted by Crippen LogP contribution is 2.36. The molecule has 96 valence electrons. The second-order valence-corrected chi connectivity index (χ2v) is 4.41. The second-order valence-electron chi connectivity index (χ2n) is 4.41. The number of hydrogen-bond acceptors (Lipinski definition) is 4. The van der Waals surface area contributed by atoms with Crippen molar-refractivity contribution in [1.82, 2.24) is 10.1 Å². The molecule has 0 aliphatic heterocycles. The van der Waals surface area contributed by atoms with Crippen LogP contribution in [-0.4, -0.2) is 16.7 Å². The van der Waals surface area contributed by atoms with E-state index >= 15 is 0 Å². The fourth-order valence-corrected chi connectivity index (χ4v) is 2.16. The molecule has 0 unspecified atom stereocenters. The Morgan fingerprint density at radius 3 is 2.35 bits per heavy atom. The maximum atomic E-state index is 12.3. The molecular weight excluding hydrogens is 235 g/mol. The number of nitrogens with zero attached hydrogens (tertiary/aromatic N) is 2. The van der Waals surface area contributed by atoms with Crippen LogP contribution in [0.2, 0.25) is 0 Å². The average molecular weight is 249 g/mol. The van der Waals surface area contributed by atoms with Crippen LogP contribution in [0, 0.1) is 5.92 Å². The Hall–Kier alpha value is -1.11. The van der Waals surface area contributed by atoms with Crippen LogP contribution in [0.5, 0.6) is 0 Å². The van der Waals surface area contributed by atoms with Gasteiger partial charge in [0.05, 0.1) is 0 Å². The molecule has 1 fully saturated rings. The summed E-state index contributed by atoms with van der Waals surface area (Å²) in [7, 11) is 0. The molecule has 1 aliphatic carbocycles. The van der Waals surface area contributed by atoms with Crippen LogP contribution in [0.25, 0.3) is 0 Å². The van der Waals surface area contributed by atoms with Gasteiger partial charge in [0.25, 0.3) is 5.82 Å². The second kappa shape index (κ2) is 4.64. The summed E-state index contributed by atoms with van der Waals surface area (Å²) in [6, 6.07) is 0. The predicted octanol–water partition coefficient (Wildman–Crippen LogP) is 2.32. The molecule has 7 heteroatoms. The number of halogens is 3. The zero-order chi connectivity index (χ0) is 12.5. The zero-order valence-electron chi connectivity index (χ0n) is 9.20. The lowest BCUT2D eigenvalue weighted by Crippen LogP contribution is -2.20. The van der Waals surface area contributed by atoms with Crippen LogP contribution in [0.15, 0.2) is 4.52 Å². The van der Waals surface area contributed by atoms with Crippen LogP contribution >= 0.6 is 0 Å². The third kappa shape index (κ3) is 2.77. The minimum Gasteiger partial charge on any atom is -0.339 e. The predicted molar refractivity (Wildman–Crippen MR) is 53.1 cm³/mol. The third-order valence-corrected chi connectivity index (χ3v) is 3.22. The largest absolute Gasteiger partial charge is 0.455 e. The smallest absolute Gasteiger partial charge is 0.339 e.